The summed E-state index contributed by atoms with van der Waals surface area (Å²) in [6, 6.07) is 5.13. The molecule has 6 nitrogen and oxygen atoms in total. The zero-order valence-electron chi connectivity index (χ0n) is 19.7. The summed E-state index contributed by atoms with van der Waals surface area (Å²) in [7, 11) is -1.99. The van der Waals surface area contributed by atoms with Crippen LogP contribution in [-0.4, -0.2) is 43.8 Å². The van der Waals surface area contributed by atoms with Gasteiger partial charge in [0.2, 0.25) is 0 Å². The van der Waals surface area contributed by atoms with Crippen LogP contribution >= 0.6 is 11.6 Å². The minimum atomic E-state index is -3.90. The van der Waals surface area contributed by atoms with Crippen LogP contribution in [0.5, 0.6) is 0 Å². The summed E-state index contributed by atoms with van der Waals surface area (Å²) in [5.41, 5.74) is -0.549. The molecule has 3 fully saturated rings. The van der Waals surface area contributed by atoms with Crippen molar-refractivity contribution in [2.75, 3.05) is 19.0 Å². The van der Waals surface area contributed by atoms with Gasteiger partial charge in [-0.05, 0) is 55.7 Å². The Morgan fingerprint density at radius 2 is 1.72 bits per heavy atom. The summed E-state index contributed by atoms with van der Waals surface area (Å²) in [5, 5.41) is 3.56. The lowest BCUT2D eigenvalue weighted by Gasteiger charge is -2.46. The lowest BCUT2D eigenvalue weighted by Crippen LogP contribution is -2.54. The van der Waals surface area contributed by atoms with Gasteiger partial charge in [-0.15, -0.1) is 0 Å². The van der Waals surface area contributed by atoms with Crippen molar-refractivity contribution in [1.29, 1.82) is 0 Å². The molecule has 2 bridgehead atoms. The van der Waals surface area contributed by atoms with E-state index in [4.69, 9.17) is 16.4 Å². The standard InChI is InChI=1S/C25H26ClF3N2O4S/c1-13-12-35-31(2)25(13)10-15-3-4-16(11-25)23(15)36(33,34)21-7-14(5-6-18(21)26)24(32)30-17-8-19(27)22(29)20(28)9-17/h5-9,13,15-16,23H,3-4,10-12H2,1-2H3,(H,30,32)/t13?,15-,16?,23?,25+/m0/s1. The Bertz CT molecular complexity index is 1290. The van der Waals surface area contributed by atoms with Crippen molar-refractivity contribution in [3.8, 4) is 0 Å². The molecule has 1 aliphatic heterocycles. The summed E-state index contributed by atoms with van der Waals surface area (Å²) < 4.78 is 68.1. The molecule has 0 aromatic heterocycles. The first-order valence-corrected chi connectivity index (χ1v) is 13.7. The molecule has 0 radical (unpaired) electrons. The first-order valence-electron chi connectivity index (χ1n) is 11.8. The number of rotatable bonds is 4. The van der Waals surface area contributed by atoms with Gasteiger partial charge in [-0.25, -0.2) is 21.6 Å². The Kier molecular flexibility index (Phi) is 6.38. The van der Waals surface area contributed by atoms with E-state index in [1.807, 2.05) is 12.1 Å². The number of halogens is 4. The van der Waals surface area contributed by atoms with Gasteiger partial charge in [-0.2, -0.15) is 5.06 Å². The fraction of sp³-hybridized carbons (Fsp3) is 0.480. The number of anilines is 1. The van der Waals surface area contributed by atoms with E-state index in [1.165, 1.54) is 18.2 Å². The summed E-state index contributed by atoms with van der Waals surface area (Å²) in [4.78, 5) is 18.4. The van der Waals surface area contributed by atoms with Gasteiger partial charge in [-0.1, -0.05) is 18.5 Å². The number of carbonyl (C=O) groups excluding carboxylic acids is 1. The minimum absolute atomic E-state index is 0.000191. The van der Waals surface area contributed by atoms with Crippen LogP contribution < -0.4 is 5.32 Å². The molecule has 1 N–H and O–H groups in total. The summed E-state index contributed by atoms with van der Waals surface area (Å²) in [5.74, 6) is -5.23. The number of amides is 1. The Morgan fingerprint density at radius 3 is 2.28 bits per heavy atom. The van der Waals surface area contributed by atoms with E-state index in [9.17, 15) is 26.4 Å². The van der Waals surface area contributed by atoms with Crippen LogP contribution in [0.25, 0.3) is 0 Å². The number of hydrogen-bond donors (Lipinski definition) is 1. The number of hydrogen-bond acceptors (Lipinski definition) is 5. The molecule has 1 heterocycles. The first kappa shape index (κ1) is 25.5. The number of sulfone groups is 1. The van der Waals surface area contributed by atoms with E-state index < -0.39 is 38.4 Å². The van der Waals surface area contributed by atoms with Crippen LogP contribution in [0.2, 0.25) is 5.02 Å². The van der Waals surface area contributed by atoms with E-state index in [1.54, 1.807) is 0 Å². The molecule has 194 valence electrons. The Balaban J connectivity index is 1.43. The largest absolute Gasteiger partial charge is 0.322 e. The number of nitrogens with zero attached hydrogens (tertiary/aromatic N) is 1. The second-order valence-electron chi connectivity index (χ2n) is 10.2. The molecular formula is C25H26ClF3N2O4S. The lowest BCUT2D eigenvalue weighted by molar-refractivity contribution is -0.157. The first-order chi connectivity index (χ1) is 16.9. The molecule has 36 heavy (non-hydrogen) atoms. The van der Waals surface area contributed by atoms with Crippen LogP contribution in [0.3, 0.4) is 0 Å². The maximum atomic E-state index is 13.9. The zero-order chi connectivity index (χ0) is 26.0. The Labute approximate surface area is 212 Å². The van der Waals surface area contributed by atoms with Crippen molar-refractivity contribution in [2.45, 2.75) is 48.3 Å². The Morgan fingerprint density at radius 1 is 1.11 bits per heavy atom. The maximum Gasteiger partial charge on any atom is 0.255 e. The maximum absolute atomic E-state index is 13.9. The highest BCUT2D eigenvalue weighted by atomic mass is 35.5. The molecule has 2 aromatic rings. The topological polar surface area (TPSA) is 75.7 Å². The number of nitrogens with one attached hydrogen (secondary N) is 1. The van der Waals surface area contributed by atoms with Crippen molar-refractivity contribution in [1.82, 2.24) is 5.06 Å². The Hall–Kier alpha value is -2.14. The normalized spacial score (nSPS) is 30.2. The number of benzene rings is 2. The molecule has 1 spiro atoms. The van der Waals surface area contributed by atoms with Crippen molar-refractivity contribution < 1.29 is 31.2 Å². The predicted octanol–water partition coefficient (Wildman–Crippen LogP) is 5.22. The second kappa shape index (κ2) is 9.01. The van der Waals surface area contributed by atoms with Crippen molar-refractivity contribution in [3.63, 3.8) is 0 Å². The predicted molar refractivity (Wildman–Crippen MR) is 128 cm³/mol. The number of fused-ring (bicyclic) bond motifs is 2. The molecule has 2 saturated carbocycles. The van der Waals surface area contributed by atoms with Gasteiger partial charge in [0, 0.05) is 36.3 Å². The molecule has 1 saturated heterocycles. The third-order valence-electron chi connectivity index (χ3n) is 8.23. The highest BCUT2D eigenvalue weighted by molar-refractivity contribution is 7.92. The van der Waals surface area contributed by atoms with E-state index >= 15 is 0 Å². The summed E-state index contributed by atoms with van der Waals surface area (Å²) in [6.07, 6.45) is 2.97. The zero-order valence-corrected chi connectivity index (χ0v) is 21.3. The van der Waals surface area contributed by atoms with Crippen molar-refractivity contribution >= 4 is 33.0 Å². The average molecular weight is 543 g/mol. The van der Waals surface area contributed by atoms with Gasteiger partial charge in [0.1, 0.15) is 0 Å². The molecular weight excluding hydrogens is 517 g/mol. The van der Waals surface area contributed by atoms with Crippen molar-refractivity contribution in [3.05, 3.63) is 58.4 Å². The SMILES string of the molecule is CC1CON(C)[C@]12CC1CC[C@@H](C2)C1S(=O)(=O)c1cc(C(=O)Nc2cc(F)c(F)c(F)c2)ccc1Cl. The highest BCUT2D eigenvalue weighted by Gasteiger charge is 2.59. The second-order valence-corrected chi connectivity index (χ2v) is 12.6. The minimum Gasteiger partial charge on any atom is -0.322 e. The molecule has 3 unspecified atom stereocenters. The van der Waals surface area contributed by atoms with Crippen LogP contribution in [0, 0.1) is 35.2 Å². The van der Waals surface area contributed by atoms with Gasteiger partial charge in [0.05, 0.1) is 27.3 Å². The third-order valence-corrected chi connectivity index (χ3v) is 11.1. The van der Waals surface area contributed by atoms with Gasteiger partial charge in [-0.3, -0.25) is 9.63 Å². The monoisotopic (exact) mass is 542 g/mol. The van der Waals surface area contributed by atoms with E-state index in [2.05, 4.69) is 12.2 Å². The summed E-state index contributed by atoms with van der Waals surface area (Å²) in [6.45, 7) is 2.74. The van der Waals surface area contributed by atoms with E-state index in [0.717, 1.165) is 12.8 Å². The van der Waals surface area contributed by atoms with E-state index in [-0.39, 0.29) is 44.5 Å². The molecule has 5 atom stereocenters. The van der Waals surface area contributed by atoms with Crippen LogP contribution in [0.15, 0.2) is 35.2 Å². The fourth-order valence-corrected chi connectivity index (χ4v) is 9.24. The summed E-state index contributed by atoms with van der Waals surface area (Å²) >= 11 is 6.33. The van der Waals surface area contributed by atoms with Gasteiger partial charge in [0.25, 0.3) is 5.91 Å². The van der Waals surface area contributed by atoms with Crippen LogP contribution in [0.4, 0.5) is 18.9 Å². The van der Waals surface area contributed by atoms with Gasteiger partial charge < -0.3 is 5.32 Å². The smallest absolute Gasteiger partial charge is 0.255 e. The average Bonchev–Trinajstić information content (AvgIpc) is 3.25. The van der Waals surface area contributed by atoms with Crippen molar-refractivity contribution in [2.24, 2.45) is 17.8 Å². The number of carbonyl (C=O) groups is 1. The quantitative estimate of drug-likeness (QED) is 0.536. The van der Waals surface area contributed by atoms with E-state index in [0.29, 0.717) is 31.6 Å². The third kappa shape index (κ3) is 4.02. The van der Waals surface area contributed by atoms with Crippen LogP contribution in [0.1, 0.15) is 43.0 Å². The molecule has 11 heteroatoms. The molecule has 2 aliphatic carbocycles. The molecule has 5 rings (SSSR count). The van der Waals surface area contributed by atoms with Gasteiger partial charge in [0.15, 0.2) is 27.3 Å². The van der Waals surface area contributed by atoms with Gasteiger partial charge >= 0.3 is 0 Å². The number of hydroxylamine groups is 2. The molecule has 3 aliphatic rings. The fourth-order valence-electron chi connectivity index (χ4n) is 6.39. The van der Waals surface area contributed by atoms with Crippen LogP contribution in [-0.2, 0) is 14.7 Å². The molecule has 1 amide bonds. The molecule has 2 aromatic carbocycles. The highest BCUT2D eigenvalue weighted by Crippen LogP contribution is 2.56. The lowest BCUT2D eigenvalue weighted by atomic mass is 9.69.